The predicted molar refractivity (Wildman–Crippen MR) is 47.6 cm³/mol. The maximum absolute atomic E-state index is 11.7. The van der Waals surface area contributed by atoms with Crippen molar-refractivity contribution in [2.45, 2.75) is 12.7 Å². The first-order chi connectivity index (χ1) is 7.51. The van der Waals surface area contributed by atoms with Crippen molar-refractivity contribution in [3.63, 3.8) is 0 Å². The summed E-state index contributed by atoms with van der Waals surface area (Å²) in [7, 11) is 0. The molecule has 1 heterocycles. The molecule has 1 rings (SSSR count). The first-order valence-electron chi connectivity index (χ1n) is 4.42. The molecule has 0 amide bonds. The number of ether oxygens (including phenoxy) is 1. The van der Waals surface area contributed by atoms with Gasteiger partial charge >= 0.3 is 12.2 Å². The highest BCUT2D eigenvalue weighted by Gasteiger charge is 2.27. The third-order valence-electron chi connectivity index (χ3n) is 1.43. The Bertz CT molecular complexity index is 315. The minimum atomic E-state index is -4.31. The van der Waals surface area contributed by atoms with Crippen LogP contribution in [-0.2, 0) is 11.3 Å². The fourth-order valence-corrected chi connectivity index (χ4v) is 0.826. The standard InChI is InChI=1S/C7H11F3N4O2/c8-7(9,10)4-15-2-1-12-6-14-13-5(3-11)16-6/h1-4,11H2,(H,12,14). The van der Waals surface area contributed by atoms with Crippen LogP contribution < -0.4 is 11.1 Å². The van der Waals surface area contributed by atoms with Crippen molar-refractivity contribution in [1.82, 2.24) is 10.2 Å². The lowest BCUT2D eigenvalue weighted by atomic mass is 10.6. The van der Waals surface area contributed by atoms with Gasteiger partial charge < -0.3 is 20.2 Å². The molecule has 92 valence electrons. The highest BCUT2D eigenvalue weighted by molar-refractivity contribution is 5.16. The van der Waals surface area contributed by atoms with Crippen molar-refractivity contribution < 1.29 is 22.3 Å². The second-order valence-corrected chi connectivity index (χ2v) is 2.80. The molecule has 0 radical (unpaired) electrons. The van der Waals surface area contributed by atoms with Crippen molar-refractivity contribution in [2.75, 3.05) is 25.1 Å². The number of rotatable bonds is 6. The van der Waals surface area contributed by atoms with E-state index in [1.54, 1.807) is 0 Å². The first kappa shape index (κ1) is 12.7. The number of aromatic nitrogens is 2. The van der Waals surface area contributed by atoms with Gasteiger partial charge in [0.05, 0.1) is 13.2 Å². The second-order valence-electron chi connectivity index (χ2n) is 2.80. The van der Waals surface area contributed by atoms with Crippen molar-refractivity contribution in [3.8, 4) is 0 Å². The normalized spacial score (nSPS) is 11.8. The molecule has 6 nitrogen and oxygen atoms in total. The minimum absolute atomic E-state index is 0.107. The molecular formula is C7H11F3N4O2. The molecule has 0 spiro atoms. The number of hydrogen-bond acceptors (Lipinski definition) is 6. The number of halogens is 3. The summed E-state index contributed by atoms with van der Waals surface area (Å²) in [4.78, 5) is 0. The highest BCUT2D eigenvalue weighted by Crippen LogP contribution is 2.14. The van der Waals surface area contributed by atoms with Crippen LogP contribution in [0.2, 0.25) is 0 Å². The molecule has 0 aliphatic heterocycles. The fraction of sp³-hybridized carbons (Fsp3) is 0.714. The van der Waals surface area contributed by atoms with Crippen LogP contribution in [-0.4, -0.2) is 36.1 Å². The summed E-state index contributed by atoms with van der Waals surface area (Å²) in [5.41, 5.74) is 5.21. The van der Waals surface area contributed by atoms with Gasteiger partial charge in [-0.15, -0.1) is 5.10 Å². The monoisotopic (exact) mass is 240 g/mol. The SMILES string of the molecule is NCc1nnc(NCCOCC(F)(F)F)o1. The molecule has 0 unspecified atom stereocenters. The Morgan fingerprint density at radius 1 is 1.38 bits per heavy atom. The van der Waals surface area contributed by atoms with Gasteiger partial charge in [-0.1, -0.05) is 5.10 Å². The van der Waals surface area contributed by atoms with E-state index in [4.69, 9.17) is 10.2 Å². The fourth-order valence-electron chi connectivity index (χ4n) is 0.826. The van der Waals surface area contributed by atoms with Crippen LogP contribution in [0.4, 0.5) is 19.2 Å². The van der Waals surface area contributed by atoms with Crippen LogP contribution in [0.5, 0.6) is 0 Å². The Hall–Kier alpha value is -1.35. The van der Waals surface area contributed by atoms with E-state index in [1.807, 2.05) is 0 Å². The number of nitrogens with one attached hydrogen (secondary N) is 1. The zero-order valence-corrected chi connectivity index (χ0v) is 8.25. The van der Waals surface area contributed by atoms with Gasteiger partial charge in [0.2, 0.25) is 5.89 Å². The molecule has 16 heavy (non-hydrogen) atoms. The number of alkyl halides is 3. The summed E-state index contributed by atoms with van der Waals surface area (Å²) in [6, 6.07) is 0.107. The third kappa shape index (κ3) is 4.94. The average Bonchev–Trinajstić information content (AvgIpc) is 2.63. The minimum Gasteiger partial charge on any atom is -0.407 e. The summed E-state index contributed by atoms with van der Waals surface area (Å²) < 4.78 is 44.3. The summed E-state index contributed by atoms with van der Waals surface area (Å²) in [5.74, 6) is 0.249. The van der Waals surface area contributed by atoms with Crippen LogP contribution in [0.25, 0.3) is 0 Å². The molecule has 3 N–H and O–H groups in total. The quantitative estimate of drug-likeness (QED) is 0.705. The Morgan fingerprint density at radius 2 is 2.12 bits per heavy atom. The number of nitrogens with two attached hydrogens (primary N) is 1. The summed E-state index contributed by atoms with van der Waals surface area (Å²) in [6.45, 7) is -1.13. The topological polar surface area (TPSA) is 86.2 Å². The van der Waals surface area contributed by atoms with E-state index in [1.165, 1.54) is 0 Å². The Balaban J connectivity index is 2.11. The lowest BCUT2D eigenvalue weighted by molar-refractivity contribution is -0.172. The van der Waals surface area contributed by atoms with Gasteiger partial charge in [0.15, 0.2) is 0 Å². The maximum atomic E-state index is 11.7. The Labute approximate surface area is 89.0 Å². The molecule has 0 aliphatic rings. The first-order valence-corrected chi connectivity index (χ1v) is 4.42. The van der Waals surface area contributed by atoms with Gasteiger partial charge in [-0.05, 0) is 0 Å². The molecule has 1 aromatic heterocycles. The zero-order valence-electron chi connectivity index (χ0n) is 8.25. The molecule has 1 aromatic rings. The second kappa shape index (κ2) is 5.66. The molecule has 0 aliphatic carbocycles. The van der Waals surface area contributed by atoms with E-state index >= 15 is 0 Å². The molecule has 0 bridgehead atoms. The number of hydrogen-bond donors (Lipinski definition) is 2. The molecular weight excluding hydrogens is 229 g/mol. The number of anilines is 1. The van der Waals surface area contributed by atoms with E-state index in [2.05, 4.69) is 20.3 Å². The van der Waals surface area contributed by atoms with E-state index in [-0.39, 0.29) is 31.6 Å². The van der Waals surface area contributed by atoms with E-state index < -0.39 is 12.8 Å². The van der Waals surface area contributed by atoms with Crippen LogP contribution >= 0.6 is 0 Å². The lowest BCUT2D eigenvalue weighted by Gasteiger charge is -2.07. The van der Waals surface area contributed by atoms with Crippen LogP contribution in [0, 0.1) is 0 Å². The molecule has 9 heteroatoms. The Morgan fingerprint density at radius 3 is 2.69 bits per heavy atom. The van der Waals surface area contributed by atoms with Gasteiger partial charge in [-0.25, -0.2) is 0 Å². The predicted octanol–water partition coefficient (Wildman–Crippen LogP) is 0.519. The Kier molecular flexibility index (Phi) is 4.50. The summed E-state index contributed by atoms with van der Waals surface area (Å²) in [6.07, 6.45) is -4.31. The van der Waals surface area contributed by atoms with Gasteiger partial charge in [-0.3, -0.25) is 0 Å². The summed E-state index contributed by atoms with van der Waals surface area (Å²) >= 11 is 0. The number of nitrogens with zero attached hydrogens (tertiary/aromatic N) is 2. The molecule has 0 saturated heterocycles. The highest BCUT2D eigenvalue weighted by atomic mass is 19.4. The maximum Gasteiger partial charge on any atom is 0.411 e. The van der Waals surface area contributed by atoms with E-state index in [9.17, 15) is 13.2 Å². The van der Waals surface area contributed by atoms with Crippen molar-refractivity contribution in [1.29, 1.82) is 0 Å². The van der Waals surface area contributed by atoms with Crippen LogP contribution in [0.3, 0.4) is 0 Å². The summed E-state index contributed by atoms with van der Waals surface area (Å²) in [5, 5.41) is 9.69. The van der Waals surface area contributed by atoms with E-state index in [0.717, 1.165) is 0 Å². The molecule has 0 aromatic carbocycles. The molecule has 0 fully saturated rings. The smallest absolute Gasteiger partial charge is 0.407 e. The van der Waals surface area contributed by atoms with Gasteiger partial charge in [0, 0.05) is 6.54 Å². The van der Waals surface area contributed by atoms with Gasteiger partial charge in [-0.2, -0.15) is 13.2 Å². The largest absolute Gasteiger partial charge is 0.411 e. The average molecular weight is 240 g/mol. The zero-order chi connectivity index (χ0) is 12.0. The van der Waals surface area contributed by atoms with Crippen LogP contribution in [0.15, 0.2) is 4.42 Å². The van der Waals surface area contributed by atoms with Crippen molar-refractivity contribution >= 4 is 6.01 Å². The van der Waals surface area contributed by atoms with Gasteiger partial charge in [0.25, 0.3) is 0 Å². The van der Waals surface area contributed by atoms with Crippen molar-refractivity contribution in [3.05, 3.63) is 5.89 Å². The van der Waals surface area contributed by atoms with Crippen LogP contribution in [0.1, 0.15) is 5.89 Å². The molecule has 0 atom stereocenters. The van der Waals surface area contributed by atoms with Gasteiger partial charge in [0.1, 0.15) is 6.61 Å². The van der Waals surface area contributed by atoms with Crippen molar-refractivity contribution in [2.24, 2.45) is 5.73 Å². The third-order valence-corrected chi connectivity index (χ3v) is 1.43. The molecule has 0 saturated carbocycles. The van der Waals surface area contributed by atoms with E-state index in [0.29, 0.717) is 0 Å². The lowest BCUT2D eigenvalue weighted by Crippen LogP contribution is -2.20.